The molecule has 2 heteroatoms. The van der Waals surface area contributed by atoms with Crippen molar-refractivity contribution in [2.24, 2.45) is 5.92 Å². The molecule has 0 aromatic rings. The topological polar surface area (TPSA) is 21.3 Å². The van der Waals surface area contributed by atoms with E-state index in [-0.39, 0.29) is 0 Å². The molecule has 0 bridgehead atoms. The van der Waals surface area contributed by atoms with Crippen LogP contribution in [0, 0.1) is 5.92 Å². The van der Waals surface area contributed by atoms with E-state index in [1.807, 2.05) is 0 Å². The molecule has 1 rings (SSSR count). The van der Waals surface area contributed by atoms with Gasteiger partial charge in [-0.2, -0.15) is 0 Å². The molecule has 1 aliphatic rings. The van der Waals surface area contributed by atoms with Crippen LogP contribution in [-0.4, -0.2) is 25.8 Å². The normalized spacial score (nSPS) is 19.4. The fraction of sp³-hybridized carbons (Fsp3) is 1.00. The Hall–Kier alpha value is -0.0800. The predicted molar refractivity (Wildman–Crippen MR) is 74.4 cm³/mol. The number of nitrogens with one attached hydrogen (secondary N) is 1. The van der Waals surface area contributed by atoms with Gasteiger partial charge in [-0.05, 0) is 38.6 Å². The minimum Gasteiger partial charge on any atom is -0.381 e. The molecule has 2 nitrogen and oxygen atoms in total. The molecule has 0 radical (unpaired) electrons. The van der Waals surface area contributed by atoms with Gasteiger partial charge >= 0.3 is 0 Å². The molecule has 0 aromatic heterocycles. The Labute approximate surface area is 108 Å². The van der Waals surface area contributed by atoms with Crippen molar-refractivity contribution in [3.8, 4) is 0 Å². The van der Waals surface area contributed by atoms with Gasteiger partial charge < -0.3 is 10.1 Å². The van der Waals surface area contributed by atoms with Crippen LogP contribution in [0.2, 0.25) is 0 Å². The molecule has 0 saturated carbocycles. The van der Waals surface area contributed by atoms with Crippen LogP contribution in [-0.2, 0) is 4.74 Å². The first kappa shape index (κ1) is 15.0. The maximum absolute atomic E-state index is 5.40. The van der Waals surface area contributed by atoms with E-state index in [2.05, 4.69) is 19.2 Å². The quantitative estimate of drug-likeness (QED) is 0.621. The molecule has 1 atom stereocenters. The van der Waals surface area contributed by atoms with Crippen molar-refractivity contribution in [2.45, 2.75) is 71.3 Å². The summed E-state index contributed by atoms with van der Waals surface area (Å²) in [6, 6.07) is 0.676. The molecule has 17 heavy (non-hydrogen) atoms. The average molecular weight is 241 g/mol. The van der Waals surface area contributed by atoms with Crippen LogP contribution in [0.25, 0.3) is 0 Å². The summed E-state index contributed by atoms with van der Waals surface area (Å²) in [5, 5.41) is 3.69. The number of unbranched alkanes of at least 4 members (excludes halogenated alkanes) is 5. The lowest BCUT2D eigenvalue weighted by molar-refractivity contribution is 0.0560. The van der Waals surface area contributed by atoms with Gasteiger partial charge in [-0.15, -0.1) is 0 Å². The van der Waals surface area contributed by atoms with Gasteiger partial charge in [0.2, 0.25) is 0 Å². The Morgan fingerprint density at radius 2 is 1.71 bits per heavy atom. The third kappa shape index (κ3) is 7.05. The third-order valence-electron chi connectivity index (χ3n) is 3.97. The number of ether oxygens (including phenoxy) is 1. The van der Waals surface area contributed by atoms with Crippen molar-refractivity contribution >= 4 is 0 Å². The van der Waals surface area contributed by atoms with E-state index >= 15 is 0 Å². The second kappa shape index (κ2) is 9.90. The van der Waals surface area contributed by atoms with Gasteiger partial charge in [0.25, 0.3) is 0 Å². The molecule has 0 aromatic carbocycles. The first-order valence-electron chi connectivity index (χ1n) is 7.65. The molecule has 0 aliphatic carbocycles. The first-order chi connectivity index (χ1) is 8.34. The Balaban J connectivity index is 1.90. The largest absolute Gasteiger partial charge is 0.381 e. The summed E-state index contributed by atoms with van der Waals surface area (Å²) in [5.74, 6) is 0.837. The van der Waals surface area contributed by atoms with Crippen molar-refractivity contribution in [1.29, 1.82) is 0 Å². The summed E-state index contributed by atoms with van der Waals surface area (Å²) < 4.78 is 5.40. The van der Waals surface area contributed by atoms with E-state index in [4.69, 9.17) is 4.74 Å². The van der Waals surface area contributed by atoms with Gasteiger partial charge in [-0.1, -0.05) is 39.0 Å². The second-order valence-electron chi connectivity index (χ2n) is 5.46. The van der Waals surface area contributed by atoms with Crippen LogP contribution in [0.5, 0.6) is 0 Å². The van der Waals surface area contributed by atoms with E-state index in [0.29, 0.717) is 6.04 Å². The van der Waals surface area contributed by atoms with Crippen LogP contribution >= 0.6 is 0 Å². The summed E-state index contributed by atoms with van der Waals surface area (Å²) in [5.41, 5.74) is 0. The standard InChI is InChI=1S/C15H31NO/c1-3-4-5-6-7-8-11-16-14(2)15-9-12-17-13-10-15/h14-16H,3-13H2,1-2H3. The maximum Gasteiger partial charge on any atom is 0.0469 e. The Kier molecular flexibility index (Phi) is 8.72. The molecule has 1 saturated heterocycles. The Bertz CT molecular complexity index is 166. The van der Waals surface area contributed by atoms with Gasteiger partial charge in [-0.25, -0.2) is 0 Å². The smallest absolute Gasteiger partial charge is 0.0469 e. The lowest BCUT2D eigenvalue weighted by Gasteiger charge is -2.28. The number of hydrogen-bond donors (Lipinski definition) is 1. The first-order valence-corrected chi connectivity index (χ1v) is 7.65. The molecule has 1 N–H and O–H groups in total. The van der Waals surface area contributed by atoms with E-state index in [9.17, 15) is 0 Å². The third-order valence-corrected chi connectivity index (χ3v) is 3.97. The molecule has 1 fully saturated rings. The summed E-state index contributed by atoms with van der Waals surface area (Å²) in [4.78, 5) is 0. The number of hydrogen-bond acceptors (Lipinski definition) is 2. The van der Waals surface area contributed by atoms with Crippen LogP contribution in [0.1, 0.15) is 65.2 Å². The van der Waals surface area contributed by atoms with Gasteiger partial charge in [-0.3, -0.25) is 0 Å². The zero-order chi connectivity index (χ0) is 12.3. The van der Waals surface area contributed by atoms with Crippen LogP contribution in [0.4, 0.5) is 0 Å². The van der Waals surface area contributed by atoms with Crippen molar-refractivity contribution in [1.82, 2.24) is 5.32 Å². The van der Waals surface area contributed by atoms with Crippen LogP contribution in [0.15, 0.2) is 0 Å². The van der Waals surface area contributed by atoms with Crippen molar-refractivity contribution in [3.05, 3.63) is 0 Å². The maximum atomic E-state index is 5.40. The number of rotatable bonds is 9. The van der Waals surface area contributed by atoms with E-state index < -0.39 is 0 Å². The van der Waals surface area contributed by atoms with Crippen LogP contribution in [0.3, 0.4) is 0 Å². The van der Waals surface area contributed by atoms with Crippen molar-refractivity contribution in [3.63, 3.8) is 0 Å². The minimum absolute atomic E-state index is 0.676. The molecular weight excluding hydrogens is 210 g/mol. The average Bonchev–Trinajstić information content (AvgIpc) is 2.38. The Morgan fingerprint density at radius 3 is 2.41 bits per heavy atom. The molecular formula is C15H31NO. The fourth-order valence-corrected chi connectivity index (χ4v) is 2.62. The fourth-order valence-electron chi connectivity index (χ4n) is 2.62. The Morgan fingerprint density at radius 1 is 1.06 bits per heavy atom. The monoisotopic (exact) mass is 241 g/mol. The van der Waals surface area contributed by atoms with E-state index in [0.717, 1.165) is 19.1 Å². The highest BCUT2D eigenvalue weighted by Crippen LogP contribution is 2.18. The highest BCUT2D eigenvalue weighted by molar-refractivity contribution is 4.74. The lowest BCUT2D eigenvalue weighted by atomic mass is 9.93. The van der Waals surface area contributed by atoms with Crippen molar-refractivity contribution in [2.75, 3.05) is 19.8 Å². The highest BCUT2D eigenvalue weighted by Gasteiger charge is 2.19. The molecule has 1 heterocycles. The predicted octanol–water partition coefficient (Wildman–Crippen LogP) is 3.75. The lowest BCUT2D eigenvalue weighted by Crippen LogP contribution is -2.37. The van der Waals surface area contributed by atoms with Gasteiger partial charge in [0.1, 0.15) is 0 Å². The second-order valence-corrected chi connectivity index (χ2v) is 5.46. The molecule has 0 amide bonds. The van der Waals surface area contributed by atoms with Crippen LogP contribution < -0.4 is 5.32 Å². The van der Waals surface area contributed by atoms with E-state index in [1.165, 1.54) is 57.9 Å². The zero-order valence-electron chi connectivity index (χ0n) is 11.8. The summed E-state index contributed by atoms with van der Waals surface area (Å²) in [6.07, 6.45) is 10.8. The molecule has 0 spiro atoms. The molecule has 1 aliphatic heterocycles. The van der Waals surface area contributed by atoms with Gasteiger partial charge in [0.15, 0.2) is 0 Å². The molecule has 102 valence electrons. The van der Waals surface area contributed by atoms with Crippen molar-refractivity contribution < 1.29 is 4.74 Å². The van der Waals surface area contributed by atoms with Gasteiger partial charge in [0, 0.05) is 19.3 Å². The summed E-state index contributed by atoms with van der Waals surface area (Å²) >= 11 is 0. The SMILES string of the molecule is CCCCCCCCNC(C)C1CCOCC1. The van der Waals surface area contributed by atoms with Gasteiger partial charge in [0.05, 0.1) is 0 Å². The summed E-state index contributed by atoms with van der Waals surface area (Å²) in [6.45, 7) is 7.75. The van der Waals surface area contributed by atoms with E-state index in [1.54, 1.807) is 0 Å². The summed E-state index contributed by atoms with van der Waals surface area (Å²) in [7, 11) is 0. The zero-order valence-corrected chi connectivity index (χ0v) is 11.8. The highest BCUT2D eigenvalue weighted by atomic mass is 16.5. The minimum atomic E-state index is 0.676. The molecule has 1 unspecified atom stereocenters.